The molecule has 0 saturated carbocycles. The van der Waals surface area contributed by atoms with E-state index < -0.39 is 0 Å². The predicted molar refractivity (Wildman–Crippen MR) is 103 cm³/mol. The molecular formula is C20H18FN3OS. The van der Waals surface area contributed by atoms with E-state index in [-0.39, 0.29) is 18.3 Å². The van der Waals surface area contributed by atoms with Crippen LogP contribution < -0.4 is 10.2 Å². The molecule has 0 atom stereocenters. The van der Waals surface area contributed by atoms with Crippen molar-refractivity contribution in [3.8, 4) is 11.3 Å². The van der Waals surface area contributed by atoms with Crippen LogP contribution >= 0.6 is 11.3 Å². The summed E-state index contributed by atoms with van der Waals surface area (Å²) in [6, 6.07) is 12.1. The van der Waals surface area contributed by atoms with E-state index in [1.54, 1.807) is 23.5 Å². The first-order valence-corrected chi connectivity index (χ1v) is 9.32. The summed E-state index contributed by atoms with van der Waals surface area (Å²) < 4.78 is 12.9. The van der Waals surface area contributed by atoms with Crippen LogP contribution in [0.25, 0.3) is 11.3 Å². The molecule has 1 aliphatic rings. The van der Waals surface area contributed by atoms with E-state index in [1.807, 2.05) is 6.92 Å². The van der Waals surface area contributed by atoms with Gasteiger partial charge >= 0.3 is 0 Å². The summed E-state index contributed by atoms with van der Waals surface area (Å²) in [7, 11) is 0. The van der Waals surface area contributed by atoms with Crippen LogP contribution in [0.1, 0.15) is 10.6 Å². The Morgan fingerprint density at radius 3 is 2.81 bits per heavy atom. The van der Waals surface area contributed by atoms with E-state index in [0.29, 0.717) is 5.69 Å². The van der Waals surface area contributed by atoms with Crippen LogP contribution in [0.4, 0.5) is 15.8 Å². The number of fused-ring (bicyclic) bond motifs is 1. The number of nitrogens with zero attached hydrogens (tertiary/aromatic N) is 2. The number of halogens is 1. The van der Waals surface area contributed by atoms with Gasteiger partial charge in [-0.15, -0.1) is 11.3 Å². The Kier molecular flexibility index (Phi) is 4.42. The number of anilines is 2. The number of benzene rings is 2. The van der Waals surface area contributed by atoms with Gasteiger partial charge in [0.2, 0.25) is 5.91 Å². The van der Waals surface area contributed by atoms with Crippen molar-refractivity contribution in [2.24, 2.45) is 0 Å². The Labute approximate surface area is 155 Å². The molecule has 0 aliphatic carbocycles. The zero-order chi connectivity index (χ0) is 18.1. The zero-order valence-corrected chi connectivity index (χ0v) is 15.1. The third kappa shape index (κ3) is 3.46. The maximum atomic E-state index is 12.9. The van der Waals surface area contributed by atoms with Crippen LogP contribution in [-0.2, 0) is 11.2 Å². The van der Waals surface area contributed by atoms with Crippen LogP contribution in [-0.4, -0.2) is 24.0 Å². The second-order valence-corrected chi connectivity index (χ2v) is 7.38. The Morgan fingerprint density at radius 2 is 2.08 bits per heavy atom. The van der Waals surface area contributed by atoms with Gasteiger partial charge in [0, 0.05) is 28.9 Å². The van der Waals surface area contributed by atoms with E-state index in [9.17, 15) is 9.18 Å². The molecule has 6 heteroatoms. The molecule has 1 N–H and O–H groups in total. The topological polar surface area (TPSA) is 45.2 Å². The van der Waals surface area contributed by atoms with Crippen molar-refractivity contribution in [1.29, 1.82) is 0 Å². The minimum absolute atomic E-state index is 0.108. The smallest absolute Gasteiger partial charge is 0.243 e. The van der Waals surface area contributed by atoms with Gasteiger partial charge in [-0.1, -0.05) is 6.07 Å². The molecule has 26 heavy (non-hydrogen) atoms. The number of hydrogen-bond donors (Lipinski definition) is 1. The summed E-state index contributed by atoms with van der Waals surface area (Å²) in [5, 5.41) is 5.94. The molecule has 0 saturated heterocycles. The Balaban J connectivity index is 1.46. The van der Waals surface area contributed by atoms with Gasteiger partial charge in [-0.3, -0.25) is 4.79 Å². The van der Waals surface area contributed by atoms with E-state index in [1.165, 1.54) is 17.7 Å². The average Bonchev–Trinajstić information content (AvgIpc) is 3.23. The van der Waals surface area contributed by atoms with E-state index in [2.05, 4.69) is 38.8 Å². The van der Waals surface area contributed by atoms with Crippen LogP contribution in [0.15, 0.2) is 47.8 Å². The number of carbonyl (C=O) groups is 1. The largest absolute Gasteiger partial charge is 0.362 e. The normalized spacial score (nSPS) is 12.9. The van der Waals surface area contributed by atoms with Gasteiger partial charge in [-0.25, -0.2) is 9.37 Å². The number of aromatic nitrogens is 1. The number of carbonyl (C=O) groups excluding carboxylic acids is 1. The molecule has 0 fully saturated rings. The van der Waals surface area contributed by atoms with Crippen molar-refractivity contribution >= 4 is 28.6 Å². The van der Waals surface area contributed by atoms with Gasteiger partial charge in [0.1, 0.15) is 5.82 Å². The summed E-state index contributed by atoms with van der Waals surface area (Å²) in [6.45, 7) is 3.09. The summed E-state index contributed by atoms with van der Waals surface area (Å²) in [6.07, 6.45) is 0.913. The van der Waals surface area contributed by atoms with E-state index in [4.69, 9.17) is 0 Å². The lowest BCUT2D eigenvalue weighted by Gasteiger charge is -2.19. The molecule has 1 aromatic heterocycles. The minimum atomic E-state index is -0.317. The molecule has 132 valence electrons. The number of aryl methyl sites for hydroxylation is 1. The minimum Gasteiger partial charge on any atom is -0.362 e. The maximum absolute atomic E-state index is 12.9. The standard InChI is InChI=1S/C20H18FN3OS/c1-13-22-18(12-26-13)14-2-7-19-15(10-14)8-9-24(19)11-20(25)23-17-5-3-16(21)4-6-17/h2-7,10,12H,8-9,11H2,1H3,(H,23,25). The summed E-state index contributed by atoms with van der Waals surface area (Å²) >= 11 is 1.65. The summed E-state index contributed by atoms with van der Waals surface area (Å²) in [4.78, 5) is 18.9. The van der Waals surface area contributed by atoms with Crippen molar-refractivity contribution < 1.29 is 9.18 Å². The SMILES string of the molecule is Cc1nc(-c2ccc3c(c2)CCN3CC(=O)Nc2ccc(F)cc2)cs1. The van der Waals surface area contributed by atoms with Gasteiger partial charge in [0.15, 0.2) is 0 Å². The first-order chi connectivity index (χ1) is 12.6. The van der Waals surface area contributed by atoms with Gasteiger partial charge in [-0.05, 0) is 55.3 Å². The van der Waals surface area contributed by atoms with Crippen molar-refractivity contribution in [2.45, 2.75) is 13.3 Å². The molecule has 2 aromatic carbocycles. The van der Waals surface area contributed by atoms with Crippen LogP contribution in [0, 0.1) is 12.7 Å². The van der Waals surface area contributed by atoms with E-state index >= 15 is 0 Å². The quantitative estimate of drug-likeness (QED) is 0.749. The second kappa shape index (κ2) is 6.88. The molecule has 4 nitrogen and oxygen atoms in total. The number of rotatable bonds is 4. The van der Waals surface area contributed by atoms with Crippen molar-refractivity contribution in [3.63, 3.8) is 0 Å². The lowest BCUT2D eigenvalue weighted by Crippen LogP contribution is -2.31. The fourth-order valence-corrected chi connectivity index (χ4v) is 3.82. The molecule has 0 bridgehead atoms. The fourth-order valence-electron chi connectivity index (χ4n) is 3.20. The molecule has 3 aromatic rings. The lowest BCUT2D eigenvalue weighted by atomic mass is 10.1. The molecule has 2 heterocycles. The Bertz CT molecular complexity index is 952. The van der Waals surface area contributed by atoms with Crippen LogP contribution in [0.5, 0.6) is 0 Å². The van der Waals surface area contributed by atoms with E-state index in [0.717, 1.165) is 34.9 Å². The number of thiazole rings is 1. The van der Waals surface area contributed by atoms with Crippen LogP contribution in [0.3, 0.4) is 0 Å². The van der Waals surface area contributed by atoms with Crippen LogP contribution in [0.2, 0.25) is 0 Å². The first-order valence-electron chi connectivity index (χ1n) is 8.44. The highest BCUT2D eigenvalue weighted by Gasteiger charge is 2.22. The maximum Gasteiger partial charge on any atom is 0.243 e. The van der Waals surface area contributed by atoms with Crippen molar-refractivity contribution in [3.05, 3.63) is 64.2 Å². The molecule has 0 unspecified atom stereocenters. The van der Waals surface area contributed by atoms with Gasteiger partial charge < -0.3 is 10.2 Å². The molecule has 0 spiro atoms. The third-order valence-electron chi connectivity index (χ3n) is 4.45. The summed E-state index contributed by atoms with van der Waals surface area (Å²) in [5.41, 5.74) is 5.05. The van der Waals surface area contributed by atoms with Gasteiger partial charge in [0.25, 0.3) is 0 Å². The molecule has 0 radical (unpaired) electrons. The average molecular weight is 367 g/mol. The fraction of sp³-hybridized carbons (Fsp3) is 0.200. The number of nitrogens with one attached hydrogen (secondary N) is 1. The number of amides is 1. The highest BCUT2D eigenvalue weighted by Crippen LogP contribution is 2.32. The Morgan fingerprint density at radius 1 is 1.27 bits per heavy atom. The lowest BCUT2D eigenvalue weighted by molar-refractivity contribution is -0.115. The second-order valence-electron chi connectivity index (χ2n) is 6.32. The van der Waals surface area contributed by atoms with Gasteiger partial charge in [0.05, 0.1) is 17.2 Å². The summed E-state index contributed by atoms with van der Waals surface area (Å²) in [5.74, 6) is -0.425. The molecule has 4 rings (SSSR count). The highest BCUT2D eigenvalue weighted by molar-refractivity contribution is 7.09. The predicted octanol–water partition coefficient (Wildman–Crippen LogP) is 4.26. The van der Waals surface area contributed by atoms with Crippen molar-refractivity contribution in [1.82, 2.24) is 4.98 Å². The monoisotopic (exact) mass is 367 g/mol. The van der Waals surface area contributed by atoms with Crippen molar-refractivity contribution in [2.75, 3.05) is 23.3 Å². The molecular weight excluding hydrogens is 349 g/mol. The zero-order valence-electron chi connectivity index (χ0n) is 14.3. The Hall–Kier alpha value is -2.73. The molecule has 1 aliphatic heterocycles. The third-order valence-corrected chi connectivity index (χ3v) is 5.22. The number of hydrogen-bond acceptors (Lipinski definition) is 4. The van der Waals surface area contributed by atoms with Gasteiger partial charge in [-0.2, -0.15) is 0 Å². The highest BCUT2D eigenvalue weighted by atomic mass is 32.1. The first kappa shape index (κ1) is 16.7. The molecule has 1 amide bonds.